The highest BCUT2D eigenvalue weighted by atomic mass is 35.5. The van der Waals surface area contributed by atoms with E-state index in [1.54, 1.807) is 56.5 Å². The molecule has 3 aromatic carbocycles. The van der Waals surface area contributed by atoms with Crippen LogP contribution in [0.3, 0.4) is 0 Å². The van der Waals surface area contributed by atoms with E-state index in [9.17, 15) is 18.0 Å². The molecular formula is C30H34ClN3O5S. The van der Waals surface area contributed by atoms with Gasteiger partial charge in [-0.25, -0.2) is 8.42 Å². The smallest absolute Gasteiger partial charge is 0.264 e. The first kappa shape index (κ1) is 29.4. The van der Waals surface area contributed by atoms with Crippen molar-refractivity contribution in [2.45, 2.75) is 56.1 Å². The topological polar surface area (TPSA) is 96.0 Å². The molecule has 8 nitrogen and oxygen atoms in total. The number of anilines is 1. The number of amides is 2. The van der Waals surface area contributed by atoms with Gasteiger partial charge in [-0.15, -0.1) is 0 Å². The monoisotopic (exact) mass is 583 g/mol. The maximum Gasteiger partial charge on any atom is 0.264 e. The molecule has 0 aromatic heterocycles. The Morgan fingerprint density at radius 3 is 2.20 bits per heavy atom. The molecule has 0 radical (unpaired) electrons. The lowest BCUT2D eigenvalue weighted by Gasteiger charge is -2.32. The van der Waals surface area contributed by atoms with Crippen LogP contribution in [0, 0.1) is 0 Å². The van der Waals surface area contributed by atoms with Gasteiger partial charge in [-0.2, -0.15) is 0 Å². The Labute approximate surface area is 240 Å². The number of carbonyl (C=O) groups excluding carboxylic acids is 2. The van der Waals surface area contributed by atoms with E-state index in [2.05, 4.69) is 5.32 Å². The summed E-state index contributed by atoms with van der Waals surface area (Å²) in [5, 5.41) is 3.46. The Balaban J connectivity index is 1.66. The molecule has 2 amide bonds. The molecule has 1 aliphatic rings. The first-order valence-corrected chi connectivity index (χ1v) is 15.1. The highest BCUT2D eigenvalue weighted by Gasteiger charge is 2.33. The number of hydrogen-bond donors (Lipinski definition) is 1. The number of rotatable bonds is 11. The van der Waals surface area contributed by atoms with Crippen molar-refractivity contribution < 1.29 is 22.7 Å². The summed E-state index contributed by atoms with van der Waals surface area (Å²) in [6.07, 6.45) is 3.93. The van der Waals surface area contributed by atoms with Gasteiger partial charge in [-0.05, 0) is 73.9 Å². The van der Waals surface area contributed by atoms with Gasteiger partial charge in [0, 0.05) is 17.6 Å². The van der Waals surface area contributed by atoms with Crippen LogP contribution in [0.5, 0.6) is 5.75 Å². The minimum atomic E-state index is -4.14. The molecule has 212 valence electrons. The van der Waals surface area contributed by atoms with Gasteiger partial charge < -0.3 is 15.0 Å². The maximum absolute atomic E-state index is 14.0. The predicted molar refractivity (Wildman–Crippen MR) is 156 cm³/mol. The van der Waals surface area contributed by atoms with E-state index < -0.39 is 28.5 Å². The third-order valence-corrected chi connectivity index (χ3v) is 9.15. The van der Waals surface area contributed by atoms with E-state index in [1.165, 1.54) is 29.2 Å². The molecule has 4 rings (SSSR count). The molecule has 10 heteroatoms. The summed E-state index contributed by atoms with van der Waals surface area (Å²) < 4.78 is 33.9. The Bertz CT molecular complexity index is 1390. The van der Waals surface area contributed by atoms with Crippen LogP contribution < -0.4 is 14.4 Å². The lowest BCUT2D eigenvalue weighted by molar-refractivity contribution is -0.139. The Morgan fingerprint density at radius 1 is 0.975 bits per heavy atom. The number of hydrogen-bond acceptors (Lipinski definition) is 5. The molecule has 3 aromatic rings. The maximum atomic E-state index is 14.0. The zero-order chi connectivity index (χ0) is 28.7. The summed E-state index contributed by atoms with van der Waals surface area (Å²) in [6.45, 7) is 1.30. The van der Waals surface area contributed by atoms with E-state index in [0.29, 0.717) is 16.5 Å². The fourth-order valence-corrected chi connectivity index (χ4v) is 6.30. The van der Waals surface area contributed by atoms with Gasteiger partial charge in [-0.3, -0.25) is 13.9 Å². The van der Waals surface area contributed by atoms with Crippen molar-refractivity contribution in [2.75, 3.05) is 18.0 Å². The molecule has 0 spiro atoms. The second kappa shape index (κ2) is 13.2. The van der Waals surface area contributed by atoms with Crippen LogP contribution in [0.1, 0.15) is 38.2 Å². The average Bonchev–Trinajstić information content (AvgIpc) is 3.48. The van der Waals surface area contributed by atoms with Crippen LogP contribution in [0.15, 0.2) is 83.8 Å². The van der Waals surface area contributed by atoms with Gasteiger partial charge in [-0.1, -0.05) is 54.8 Å². The normalized spacial score (nSPS) is 14.4. The lowest BCUT2D eigenvalue weighted by Crippen LogP contribution is -2.52. The average molecular weight is 584 g/mol. The standard InChI is InChI=1S/C30H34ClN3O5S/c1-22(30(36)32-25-8-6-7-9-25)33(20-23-12-16-27(39-2)17-13-23)29(35)21-34(26-10-4-3-5-11-26)40(37,38)28-18-14-24(31)15-19-28/h3-5,10-19,22,25H,6-9,20-21H2,1-2H3,(H,32,36). The number of sulfonamides is 1. The van der Waals surface area contributed by atoms with Crippen LogP contribution in [0.2, 0.25) is 5.02 Å². The van der Waals surface area contributed by atoms with Gasteiger partial charge >= 0.3 is 0 Å². The summed E-state index contributed by atoms with van der Waals surface area (Å²) in [6, 6.07) is 20.7. The molecule has 40 heavy (non-hydrogen) atoms. The number of halogens is 1. The molecule has 1 fully saturated rings. The van der Waals surface area contributed by atoms with Crippen molar-refractivity contribution in [2.24, 2.45) is 0 Å². The molecule has 1 unspecified atom stereocenters. The van der Waals surface area contributed by atoms with Crippen molar-refractivity contribution in [1.29, 1.82) is 0 Å². The summed E-state index contributed by atoms with van der Waals surface area (Å²) >= 11 is 5.99. The van der Waals surface area contributed by atoms with Gasteiger partial charge in [0.1, 0.15) is 18.3 Å². The number of ether oxygens (including phenoxy) is 1. The number of benzene rings is 3. The lowest BCUT2D eigenvalue weighted by atomic mass is 10.1. The van der Waals surface area contributed by atoms with Crippen LogP contribution in [-0.2, 0) is 26.2 Å². The van der Waals surface area contributed by atoms with Crippen LogP contribution >= 0.6 is 11.6 Å². The van der Waals surface area contributed by atoms with Crippen LogP contribution in [0.25, 0.3) is 0 Å². The second-order valence-electron chi connectivity index (χ2n) is 9.84. The van der Waals surface area contributed by atoms with E-state index in [-0.39, 0.29) is 23.4 Å². The van der Waals surface area contributed by atoms with E-state index >= 15 is 0 Å². The van der Waals surface area contributed by atoms with Crippen molar-refractivity contribution in [1.82, 2.24) is 10.2 Å². The highest BCUT2D eigenvalue weighted by molar-refractivity contribution is 7.92. The van der Waals surface area contributed by atoms with Crippen LogP contribution in [-0.4, -0.2) is 50.9 Å². The van der Waals surface area contributed by atoms with E-state index in [1.807, 2.05) is 12.1 Å². The molecule has 1 atom stereocenters. The molecule has 1 saturated carbocycles. The van der Waals surface area contributed by atoms with Crippen molar-refractivity contribution in [3.63, 3.8) is 0 Å². The van der Waals surface area contributed by atoms with Gasteiger partial charge in [0.2, 0.25) is 11.8 Å². The quantitative estimate of drug-likeness (QED) is 0.342. The Morgan fingerprint density at radius 2 is 1.60 bits per heavy atom. The third kappa shape index (κ3) is 7.14. The van der Waals surface area contributed by atoms with Crippen molar-refractivity contribution in [3.05, 3.63) is 89.4 Å². The van der Waals surface area contributed by atoms with E-state index in [4.69, 9.17) is 16.3 Å². The largest absolute Gasteiger partial charge is 0.497 e. The van der Waals surface area contributed by atoms with Crippen molar-refractivity contribution in [3.8, 4) is 5.75 Å². The Kier molecular flexibility index (Phi) is 9.71. The molecule has 0 heterocycles. The summed E-state index contributed by atoms with van der Waals surface area (Å²) in [4.78, 5) is 28.7. The SMILES string of the molecule is COc1ccc(CN(C(=O)CN(c2ccccc2)S(=O)(=O)c2ccc(Cl)cc2)C(C)C(=O)NC2CCCC2)cc1. The number of nitrogens with zero attached hydrogens (tertiary/aromatic N) is 2. The number of carbonyl (C=O) groups is 2. The number of methoxy groups -OCH3 is 1. The molecule has 0 aliphatic heterocycles. The molecular weight excluding hydrogens is 550 g/mol. The first-order chi connectivity index (χ1) is 19.2. The van der Waals surface area contributed by atoms with Gasteiger partial charge in [0.25, 0.3) is 10.0 Å². The zero-order valence-electron chi connectivity index (χ0n) is 22.6. The summed E-state index contributed by atoms with van der Waals surface area (Å²) in [5.74, 6) is -0.107. The number of para-hydroxylation sites is 1. The first-order valence-electron chi connectivity index (χ1n) is 13.2. The summed E-state index contributed by atoms with van der Waals surface area (Å²) in [7, 11) is -2.57. The second-order valence-corrected chi connectivity index (χ2v) is 12.1. The van der Waals surface area contributed by atoms with Crippen molar-refractivity contribution >= 4 is 39.1 Å². The molecule has 1 N–H and O–H groups in total. The summed E-state index contributed by atoms with van der Waals surface area (Å²) in [5.41, 5.74) is 1.11. The number of nitrogens with one attached hydrogen (secondary N) is 1. The minimum Gasteiger partial charge on any atom is -0.497 e. The van der Waals surface area contributed by atoms with Gasteiger partial charge in [0.05, 0.1) is 17.7 Å². The predicted octanol–water partition coefficient (Wildman–Crippen LogP) is 5.02. The fraction of sp³-hybridized carbons (Fsp3) is 0.333. The third-order valence-electron chi connectivity index (χ3n) is 7.11. The van der Waals surface area contributed by atoms with Crippen LogP contribution in [0.4, 0.5) is 5.69 Å². The van der Waals surface area contributed by atoms with Gasteiger partial charge in [0.15, 0.2) is 0 Å². The highest BCUT2D eigenvalue weighted by Crippen LogP contribution is 2.26. The zero-order valence-corrected chi connectivity index (χ0v) is 24.2. The molecule has 0 saturated heterocycles. The van der Waals surface area contributed by atoms with E-state index in [0.717, 1.165) is 35.6 Å². The molecule has 1 aliphatic carbocycles. The minimum absolute atomic E-state index is 0.00211. The fourth-order valence-electron chi connectivity index (χ4n) is 4.76. The Hall–Kier alpha value is -3.56. The molecule has 0 bridgehead atoms.